The van der Waals surface area contributed by atoms with Crippen molar-refractivity contribution in [2.45, 2.75) is 19.0 Å². The van der Waals surface area contributed by atoms with Gasteiger partial charge >= 0.3 is 0 Å². The zero-order chi connectivity index (χ0) is 23.7. The van der Waals surface area contributed by atoms with Crippen LogP contribution in [-0.4, -0.2) is 49.0 Å². The number of aromatic nitrogens is 1. The number of carbonyl (C=O) groups is 1. The van der Waals surface area contributed by atoms with Crippen molar-refractivity contribution in [2.24, 2.45) is 0 Å². The summed E-state index contributed by atoms with van der Waals surface area (Å²) in [5.41, 5.74) is 1.86. The van der Waals surface area contributed by atoms with E-state index in [9.17, 15) is 13.2 Å². The molecule has 174 valence electrons. The van der Waals surface area contributed by atoms with Gasteiger partial charge in [0.05, 0.1) is 18.6 Å². The Labute approximate surface area is 197 Å². The first-order chi connectivity index (χ1) is 16.4. The molecule has 0 N–H and O–H groups in total. The molecule has 0 spiro atoms. The highest BCUT2D eigenvalue weighted by atomic mass is 32.2. The topological polar surface area (TPSA) is 89.7 Å². The van der Waals surface area contributed by atoms with E-state index in [1.807, 2.05) is 54.6 Å². The minimum Gasteiger partial charge on any atom is -0.497 e. The van der Waals surface area contributed by atoms with Crippen LogP contribution in [0.3, 0.4) is 0 Å². The van der Waals surface area contributed by atoms with Crippen molar-refractivity contribution >= 4 is 26.5 Å². The molecule has 0 radical (unpaired) electrons. The summed E-state index contributed by atoms with van der Waals surface area (Å²) in [4.78, 5) is 15.2. The normalized spacial score (nSPS) is 17.0. The fourth-order valence-corrected chi connectivity index (χ4v) is 6.15. The summed E-state index contributed by atoms with van der Waals surface area (Å²) < 4.78 is 35.1. The summed E-state index contributed by atoms with van der Waals surface area (Å²) in [6, 6.07) is 22.3. The van der Waals surface area contributed by atoms with E-state index in [2.05, 4.69) is 5.16 Å². The van der Waals surface area contributed by atoms with Gasteiger partial charge in [0, 0.05) is 24.2 Å². The first-order valence-electron chi connectivity index (χ1n) is 11.0. The van der Waals surface area contributed by atoms with Gasteiger partial charge in [-0.3, -0.25) is 4.79 Å². The zero-order valence-corrected chi connectivity index (χ0v) is 19.5. The molecule has 1 atom stereocenters. The molecule has 3 aromatic carbocycles. The number of fused-ring (bicyclic) bond motifs is 1. The molecule has 4 aromatic rings. The number of benzene rings is 3. The SMILES string of the molecule is COc1ccc(-c2cc(C(=O)N(Cc3cccc4ccccc34)[C@@H]3CCS(=O)(=O)C3)no2)cc1. The largest absolute Gasteiger partial charge is 0.497 e. The van der Waals surface area contributed by atoms with Crippen LogP contribution < -0.4 is 4.74 Å². The van der Waals surface area contributed by atoms with Gasteiger partial charge in [-0.25, -0.2) is 8.42 Å². The number of nitrogens with zero attached hydrogens (tertiary/aromatic N) is 2. The van der Waals surface area contributed by atoms with Gasteiger partial charge in [-0.15, -0.1) is 0 Å². The fraction of sp³-hybridized carbons (Fsp3) is 0.231. The van der Waals surface area contributed by atoms with Gasteiger partial charge in [-0.05, 0) is 47.0 Å². The van der Waals surface area contributed by atoms with E-state index in [0.717, 1.165) is 21.9 Å². The van der Waals surface area contributed by atoms with Crippen molar-refractivity contribution in [1.82, 2.24) is 10.1 Å². The highest BCUT2D eigenvalue weighted by molar-refractivity contribution is 7.91. The van der Waals surface area contributed by atoms with Crippen LogP contribution in [0.1, 0.15) is 22.5 Å². The highest BCUT2D eigenvalue weighted by Gasteiger charge is 2.36. The van der Waals surface area contributed by atoms with E-state index in [0.29, 0.717) is 17.9 Å². The number of sulfone groups is 1. The molecule has 1 aliphatic rings. The molecule has 34 heavy (non-hydrogen) atoms. The predicted octanol–water partition coefficient (Wildman–Crippen LogP) is 4.33. The molecular weight excluding hydrogens is 452 g/mol. The second-order valence-corrected chi connectivity index (χ2v) is 10.7. The molecule has 0 saturated carbocycles. The molecule has 2 heterocycles. The van der Waals surface area contributed by atoms with E-state index in [4.69, 9.17) is 9.26 Å². The highest BCUT2D eigenvalue weighted by Crippen LogP contribution is 2.28. The number of amides is 1. The standard InChI is InChI=1S/C26H24N2O5S/c1-32-22-11-9-19(10-12-22)25-15-24(27-33-25)26(29)28(21-13-14-34(30,31)17-21)16-20-7-4-6-18-5-2-3-8-23(18)20/h2-12,15,21H,13-14,16-17H2,1H3/t21-/m1/s1. The predicted molar refractivity (Wildman–Crippen MR) is 129 cm³/mol. The van der Waals surface area contributed by atoms with E-state index >= 15 is 0 Å². The van der Waals surface area contributed by atoms with E-state index in [1.54, 1.807) is 30.2 Å². The van der Waals surface area contributed by atoms with Crippen molar-refractivity contribution in [3.63, 3.8) is 0 Å². The Hall–Kier alpha value is -3.65. The monoisotopic (exact) mass is 476 g/mol. The molecule has 1 aliphatic heterocycles. The third kappa shape index (κ3) is 4.41. The molecule has 7 nitrogen and oxygen atoms in total. The average molecular weight is 477 g/mol. The van der Waals surface area contributed by atoms with Crippen molar-refractivity contribution < 1.29 is 22.5 Å². The maximum Gasteiger partial charge on any atom is 0.276 e. The van der Waals surface area contributed by atoms with Crippen LogP contribution in [0, 0.1) is 0 Å². The molecule has 5 rings (SSSR count). The quantitative estimate of drug-likeness (QED) is 0.411. The third-order valence-corrected chi connectivity index (χ3v) is 7.98. The molecule has 1 amide bonds. The summed E-state index contributed by atoms with van der Waals surface area (Å²) in [5.74, 6) is 0.844. The van der Waals surface area contributed by atoms with Crippen LogP contribution in [0.5, 0.6) is 5.75 Å². The van der Waals surface area contributed by atoms with Gasteiger partial charge in [-0.2, -0.15) is 0 Å². The van der Waals surface area contributed by atoms with Crippen LogP contribution in [0.15, 0.2) is 77.3 Å². The van der Waals surface area contributed by atoms with E-state index in [1.165, 1.54) is 0 Å². The van der Waals surface area contributed by atoms with Crippen molar-refractivity contribution in [1.29, 1.82) is 0 Å². The summed E-state index contributed by atoms with van der Waals surface area (Å²) in [7, 11) is -1.59. The van der Waals surface area contributed by atoms with Gasteiger partial charge in [0.2, 0.25) is 0 Å². The molecule has 1 aromatic heterocycles. The van der Waals surface area contributed by atoms with Gasteiger partial charge in [0.25, 0.3) is 5.91 Å². The van der Waals surface area contributed by atoms with Gasteiger partial charge in [0.1, 0.15) is 5.75 Å². The Morgan fingerprint density at radius 2 is 1.85 bits per heavy atom. The Bertz CT molecular complexity index is 1440. The van der Waals surface area contributed by atoms with Crippen LogP contribution in [0.4, 0.5) is 0 Å². The number of carbonyl (C=O) groups excluding carboxylic acids is 1. The van der Waals surface area contributed by atoms with Crippen LogP contribution in [0.2, 0.25) is 0 Å². The Morgan fingerprint density at radius 3 is 2.59 bits per heavy atom. The van der Waals surface area contributed by atoms with E-state index in [-0.39, 0.29) is 29.7 Å². The number of rotatable bonds is 6. The lowest BCUT2D eigenvalue weighted by molar-refractivity contribution is 0.0671. The Balaban J connectivity index is 1.48. The van der Waals surface area contributed by atoms with Crippen molar-refractivity contribution in [2.75, 3.05) is 18.6 Å². The molecule has 8 heteroatoms. The lowest BCUT2D eigenvalue weighted by atomic mass is 10.0. The number of methoxy groups -OCH3 is 1. The van der Waals surface area contributed by atoms with Crippen molar-refractivity contribution in [3.8, 4) is 17.1 Å². The van der Waals surface area contributed by atoms with Gasteiger partial charge < -0.3 is 14.2 Å². The summed E-state index contributed by atoms with van der Waals surface area (Å²) in [6.45, 7) is 0.283. The molecule has 0 aliphatic carbocycles. The van der Waals surface area contributed by atoms with Crippen LogP contribution in [-0.2, 0) is 16.4 Å². The molecule has 1 saturated heterocycles. The minimum atomic E-state index is -3.18. The summed E-state index contributed by atoms with van der Waals surface area (Å²) in [6.07, 6.45) is 0.405. The zero-order valence-electron chi connectivity index (χ0n) is 18.7. The molecule has 0 bridgehead atoms. The Morgan fingerprint density at radius 1 is 1.09 bits per heavy atom. The second kappa shape index (κ2) is 8.95. The van der Waals surface area contributed by atoms with Crippen LogP contribution in [0.25, 0.3) is 22.1 Å². The summed E-state index contributed by atoms with van der Waals surface area (Å²) >= 11 is 0. The molecule has 0 unspecified atom stereocenters. The number of hydrogen-bond acceptors (Lipinski definition) is 6. The van der Waals surface area contributed by atoms with Gasteiger partial charge in [-0.1, -0.05) is 47.6 Å². The van der Waals surface area contributed by atoms with Crippen molar-refractivity contribution in [3.05, 3.63) is 84.1 Å². The fourth-order valence-electron chi connectivity index (χ4n) is 4.42. The lowest BCUT2D eigenvalue weighted by Gasteiger charge is -2.28. The molecule has 1 fully saturated rings. The number of ether oxygens (including phenoxy) is 1. The number of hydrogen-bond donors (Lipinski definition) is 0. The smallest absolute Gasteiger partial charge is 0.276 e. The lowest BCUT2D eigenvalue weighted by Crippen LogP contribution is -2.40. The maximum absolute atomic E-state index is 13.6. The second-order valence-electron chi connectivity index (χ2n) is 8.43. The van der Waals surface area contributed by atoms with Gasteiger partial charge in [0.15, 0.2) is 21.3 Å². The average Bonchev–Trinajstić information content (AvgIpc) is 3.49. The van der Waals surface area contributed by atoms with E-state index < -0.39 is 15.9 Å². The maximum atomic E-state index is 13.6. The first-order valence-corrected chi connectivity index (χ1v) is 12.8. The first kappa shape index (κ1) is 22.2. The third-order valence-electron chi connectivity index (χ3n) is 6.23. The van der Waals surface area contributed by atoms with Crippen LogP contribution >= 0.6 is 0 Å². The summed E-state index contributed by atoms with van der Waals surface area (Å²) in [5, 5.41) is 6.12. The minimum absolute atomic E-state index is 0.0489. The molecular formula is C26H24N2O5S. The Kier molecular flexibility index (Phi) is 5.83.